The molecule has 2 N–H and O–H groups in total. The Hall–Kier alpha value is -2.80. The van der Waals surface area contributed by atoms with Crippen LogP contribution in [0.5, 0.6) is 0 Å². The van der Waals surface area contributed by atoms with Gasteiger partial charge < -0.3 is 10.6 Å². The molecular weight excluding hydrogens is 382 g/mol. The van der Waals surface area contributed by atoms with Crippen LogP contribution in [0.1, 0.15) is 12.0 Å². The zero-order valence-electron chi connectivity index (χ0n) is 13.3. The van der Waals surface area contributed by atoms with Crippen molar-refractivity contribution in [2.45, 2.75) is 12.8 Å². The normalized spacial score (nSPS) is 10.3. The number of halogens is 1. The molecule has 126 valence electrons. The predicted molar refractivity (Wildman–Crippen MR) is 101 cm³/mol. The van der Waals surface area contributed by atoms with Crippen LogP contribution in [0.4, 0.5) is 17.3 Å². The molecule has 0 aliphatic carbocycles. The minimum absolute atomic E-state index is 0.0351. The number of benzene rings is 1. The molecule has 0 bridgehead atoms. The number of amides is 1. The Bertz CT molecular complexity index is 840. The largest absolute Gasteiger partial charge is 0.326 e. The maximum atomic E-state index is 12.1. The van der Waals surface area contributed by atoms with Crippen LogP contribution in [0.3, 0.4) is 0 Å². The van der Waals surface area contributed by atoms with Gasteiger partial charge in [-0.25, -0.2) is 9.97 Å². The van der Waals surface area contributed by atoms with Crippen LogP contribution in [0.25, 0.3) is 0 Å². The monoisotopic (exact) mass is 397 g/mol. The first kappa shape index (κ1) is 17.0. The second-order valence-corrected chi connectivity index (χ2v) is 6.25. The maximum absolute atomic E-state index is 12.1. The molecule has 0 unspecified atom stereocenters. The predicted octanol–water partition coefficient (Wildman–Crippen LogP) is 3.95. The minimum Gasteiger partial charge on any atom is -0.326 e. The molecule has 0 aliphatic rings. The first-order valence-electron chi connectivity index (χ1n) is 7.72. The van der Waals surface area contributed by atoms with Crippen molar-refractivity contribution in [1.29, 1.82) is 0 Å². The van der Waals surface area contributed by atoms with Crippen LogP contribution >= 0.6 is 15.9 Å². The topological polar surface area (TPSA) is 79.8 Å². The van der Waals surface area contributed by atoms with Crippen molar-refractivity contribution in [2.24, 2.45) is 0 Å². The van der Waals surface area contributed by atoms with E-state index < -0.39 is 0 Å². The van der Waals surface area contributed by atoms with Gasteiger partial charge in [0.15, 0.2) is 0 Å². The Labute approximate surface area is 153 Å². The highest BCUT2D eigenvalue weighted by atomic mass is 79.9. The smallest absolute Gasteiger partial charge is 0.227 e. The molecule has 7 heteroatoms. The molecule has 3 aromatic rings. The summed E-state index contributed by atoms with van der Waals surface area (Å²) in [6.45, 7) is 0. The number of aromatic nitrogens is 3. The lowest BCUT2D eigenvalue weighted by molar-refractivity contribution is -0.116. The lowest BCUT2D eigenvalue weighted by Crippen LogP contribution is -2.12. The number of carbonyl (C=O) groups is 1. The van der Waals surface area contributed by atoms with Gasteiger partial charge in [-0.1, -0.05) is 0 Å². The molecule has 0 saturated heterocycles. The second kappa shape index (κ2) is 8.34. The first-order chi connectivity index (χ1) is 12.2. The first-order valence-corrected chi connectivity index (χ1v) is 8.52. The zero-order valence-corrected chi connectivity index (χ0v) is 14.9. The fourth-order valence-electron chi connectivity index (χ4n) is 2.20. The van der Waals surface area contributed by atoms with Gasteiger partial charge in [0.2, 0.25) is 11.9 Å². The van der Waals surface area contributed by atoms with Gasteiger partial charge in [-0.3, -0.25) is 9.78 Å². The van der Waals surface area contributed by atoms with Crippen molar-refractivity contribution in [2.75, 3.05) is 10.6 Å². The van der Waals surface area contributed by atoms with Crippen LogP contribution in [0, 0.1) is 0 Å². The van der Waals surface area contributed by atoms with E-state index in [0.29, 0.717) is 18.8 Å². The Kier molecular flexibility index (Phi) is 5.69. The number of anilines is 3. The average molecular weight is 398 g/mol. The fraction of sp³-hybridized carbons (Fsp3) is 0.111. The van der Waals surface area contributed by atoms with Crippen LogP contribution in [-0.4, -0.2) is 20.9 Å². The molecule has 6 nitrogen and oxygen atoms in total. The Morgan fingerprint density at radius 3 is 2.48 bits per heavy atom. The molecule has 0 saturated carbocycles. The molecule has 3 rings (SSSR count). The quantitative estimate of drug-likeness (QED) is 0.657. The maximum Gasteiger partial charge on any atom is 0.227 e. The van der Waals surface area contributed by atoms with Crippen LogP contribution < -0.4 is 10.6 Å². The Balaban J connectivity index is 1.51. The molecule has 2 heterocycles. The van der Waals surface area contributed by atoms with Crippen molar-refractivity contribution in [3.8, 4) is 0 Å². The van der Waals surface area contributed by atoms with E-state index in [1.807, 2.05) is 30.3 Å². The van der Waals surface area contributed by atoms with Gasteiger partial charge in [-0.15, -0.1) is 0 Å². The number of nitrogens with one attached hydrogen (secondary N) is 2. The standard InChI is InChI=1S/C18H16BrN5O/c19-14-10-13(11-20-12-14)2-7-17(25)23-15-3-5-16(6-4-15)24-18-21-8-1-9-22-18/h1,3-6,8-12H,2,7H2,(H,23,25)(H,21,22,24). The van der Waals surface area contributed by atoms with Crippen molar-refractivity contribution in [3.63, 3.8) is 0 Å². The lowest BCUT2D eigenvalue weighted by atomic mass is 10.1. The summed E-state index contributed by atoms with van der Waals surface area (Å²) in [5.41, 5.74) is 2.62. The van der Waals surface area contributed by atoms with E-state index >= 15 is 0 Å². The number of hydrogen-bond donors (Lipinski definition) is 2. The third-order valence-electron chi connectivity index (χ3n) is 3.39. The summed E-state index contributed by atoms with van der Waals surface area (Å²) in [6.07, 6.45) is 7.87. The molecule has 1 aromatic carbocycles. The van der Waals surface area contributed by atoms with Gasteiger partial charge in [0, 0.05) is 47.1 Å². The number of carbonyl (C=O) groups excluding carboxylic acids is 1. The number of pyridine rings is 1. The van der Waals surface area contributed by atoms with Crippen LogP contribution in [0.15, 0.2) is 65.7 Å². The average Bonchev–Trinajstić information content (AvgIpc) is 2.63. The summed E-state index contributed by atoms with van der Waals surface area (Å²) in [7, 11) is 0. The Morgan fingerprint density at radius 1 is 1.04 bits per heavy atom. The second-order valence-electron chi connectivity index (χ2n) is 5.33. The van der Waals surface area contributed by atoms with Crippen LogP contribution in [-0.2, 0) is 11.2 Å². The Morgan fingerprint density at radius 2 is 1.76 bits per heavy atom. The highest BCUT2D eigenvalue weighted by molar-refractivity contribution is 9.10. The number of nitrogens with zero attached hydrogens (tertiary/aromatic N) is 3. The number of hydrogen-bond acceptors (Lipinski definition) is 5. The molecule has 0 atom stereocenters. The number of aryl methyl sites for hydroxylation is 1. The van der Waals surface area contributed by atoms with E-state index in [4.69, 9.17) is 0 Å². The van der Waals surface area contributed by atoms with E-state index in [0.717, 1.165) is 21.4 Å². The van der Waals surface area contributed by atoms with Crippen molar-refractivity contribution >= 4 is 39.2 Å². The van der Waals surface area contributed by atoms with E-state index in [2.05, 4.69) is 41.5 Å². The SMILES string of the molecule is O=C(CCc1cncc(Br)c1)Nc1ccc(Nc2ncccn2)cc1. The molecule has 0 aliphatic heterocycles. The zero-order chi connectivity index (χ0) is 17.5. The fourth-order valence-corrected chi connectivity index (χ4v) is 2.62. The van der Waals surface area contributed by atoms with Gasteiger partial charge in [-0.05, 0) is 64.3 Å². The summed E-state index contributed by atoms with van der Waals surface area (Å²) in [6, 6.07) is 11.1. The van der Waals surface area contributed by atoms with Gasteiger partial charge in [0.25, 0.3) is 0 Å². The van der Waals surface area contributed by atoms with Gasteiger partial charge in [0.1, 0.15) is 0 Å². The summed E-state index contributed by atoms with van der Waals surface area (Å²) >= 11 is 3.38. The van der Waals surface area contributed by atoms with Crippen molar-refractivity contribution in [1.82, 2.24) is 15.0 Å². The lowest BCUT2D eigenvalue weighted by Gasteiger charge is -2.08. The van der Waals surface area contributed by atoms with Crippen LogP contribution in [0.2, 0.25) is 0 Å². The molecule has 0 spiro atoms. The number of rotatable bonds is 6. The van der Waals surface area contributed by atoms with Crippen molar-refractivity contribution in [3.05, 3.63) is 71.2 Å². The van der Waals surface area contributed by atoms with Gasteiger partial charge in [0.05, 0.1) is 0 Å². The summed E-state index contributed by atoms with van der Waals surface area (Å²) in [4.78, 5) is 24.4. The van der Waals surface area contributed by atoms with E-state index in [1.165, 1.54) is 0 Å². The van der Waals surface area contributed by atoms with E-state index in [9.17, 15) is 4.79 Å². The third kappa shape index (κ3) is 5.36. The third-order valence-corrected chi connectivity index (χ3v) is 3.83. The summed E-state index contributed by atoms with van der Waals surface area (Å²) in [5.74, 6) is 0.494. The van der Waals surface area contributed by atoms with Gasteiger partial charge >= 0.3 is 0 Å². The summed E-state index contributed by atoms with van der Waals surface area (Å²) in [5, 5.41) is 5.98. The molecule has 25 heavy (non-hydrogen) atoms. The minimum atomic E-state index is -0.0351. The summed E-state index contributed by atoms with van der Waals surface area (Å²) < 4.78 is 0.913. The van der Waals surface area contributed by atoms with E-state index in [-0.39, 0.29) is 5.91 Å². The molecule has 2 aromatic heterocycles. The molecule has 0 fully saturated rings. The van der Waals surface area contributed by atoms with Crippen molar-refractivity contribution < 1.29 is 4.79 Å². The van der Waals surface area contributed by atoms with Gasteiger partial charge in [-0.2, -0.15) is 0 Å². The highest BCUT2D eigenvalue weighted by Crippen LogP contribution is 2.17. The highest BCUT2D eigenvalue weighted by Gasteiger charge is 2.04. The molecule has 1 amide bonds. The molecular formula is C18H16BrN5O. The molecule has 0 radical (unpaired) electrons. The van der Waals surface area contributed by atoms with E-state index in [1.54, 1.807) is 30.9 Å².